The molecule has 0 fully saturated rings. The number of anilines is 1. The Morgan fingerprint density at radius 3 is 2.87 bits per heavy atom. The second-order valence-corrected chi connectivity index (χ2v) is 5.50. The molecule has 3 aromatic rings. The summed E-state index contributed by atoms with van der Waals surface area (Å²) in [5.74, 6) is 0.429. The Bertz CT molecular complexity index is 933. The van der Waals surface area contributed by atoms with Gasteiger partial charge in [0.05, 0.1) is 0 Å². The summed E-state index contributed by atoms with van der Waals surface area (Å²) in [6.07, 6.45) is 2.63. The molecule has 120 valence electrons. The molecule has 3 aromatic heterocycles. The minimum atomic E-state index is -0.190. The van der Waals surface area contributed by atoms with Crippen LogP contribution >= 0.6 is 0 Å². The molecule has 0 spiro atoms. The lowest BCUT2D eigenvalue weighted by Crippen LogP contribution is -2.15. The first-order chi connectivity index (χ1) is 10.9. The van der Waals surface area contributed by atoms with Crippen LogP contribution in [0.4, 0.5) is 5.82 Å². The van der Waals surface area contributed by atoms with Crippen LogP contribution in [-0.4, -0.2) is 30.3 Å². The van der Waals surface area contributed by atoms with Crippen LogP contribution in [-0.2, 0) is 18.3 Å². The van der Waals surface area contributed by atoms with E-state index in [9.17, 15) is 9.59 Å². The maximum absolute atomic E-state index is 12.0. The second kappa shape index (κ2) is 5.71. The molecule has 8 nitrogen and oxygen atoms in total. The van der Waals surface area contributed by atoms with Crippen molar-refractivity contribution in [3.63, 3.8) is 0 Å². The van der Waals surface area contributed by atoms with Gasteiger partial charge in [0, 0.05) is 43.2 Å². The first-order valence-electron chi connectivity index (χ1n) is 7.31. The fraction of sp³-hybridized carbons (Fsp3) is 0.333. The predicted molar refractivity (Wildman–Crippen MR) is 85.4 cm³/mol. The molecule has 3 rings (SSSR count). The molecule has 0 unspecified atom stereocenters. The zero-order valence-corrected chi connectivity index (χ0v) is 13.3. The van der Waals surface area contributed by atoms with E-state index >= 15 is 0 Å². The predicted octanol–water partition coefficient (Wildman–Crippen LogP) is 0.944. The molecule has 23 heavy (non-hydrogen) atoms. The number of nitrogens with zero attached hydrogens (tertiary/aromatic N) is 4. The summed E-state index contributed by atoms with van der Waals surface area (Å²) in [6.45, 7) is 3.79. The highest BCUT2D eigenvalue weighted by Gasteiger charge is 2.13. The topological polar surface area (TPSA) is 97.1 Å². The standard InChI is InChI=1S/C15H18N6O2/c1-9-11(10(2)21-13(16-9)8-15(23)19-21)4-5-14(22)17-12-6-7-20(3)18-12/h6-8H,4-5H2,1-3H3,(H,19,23)(H,17,18,22). The number of amides is 1. The van der Waals surface area contributed by atoms with Crippen LogP contribution in [0.3, 0.4) is 0 Å². The van der Waals surface area contributed by atoms with Gasteiger partial charge in [-0.2, -0.15) is 5.10 Å². The lowest BCUT2D eigenvalue weighted by atomic mass is 10.1. The molecule has 0 bridgehead atoms. The molecule has 3 heterocycles. The minimum absolute atomic E-state index is 0.108. The number of carbonyl (C=O) groups excluding carboxylic acids is 1. The monoisotopic (exact) mass is 314 g/mol. The number of aromatic amines is 1. The van der Waals surface area contributed by atoms with Gasteiger partial charge >= 0.3 is 0 Å². The average molecular weight is 314 g/mol. The van der Waals surface area contributed by atoms with Crippen molar-refractivity contribution in [3.8, 4) is 0 Å². The molecular formula is C15H18N6O2. The zero-order chi connectivity index (χ0) is 16.6. The lowest BCUT2D eigenvalue weighted by Gasteiger charge is -2.11. The molecule has 0 aliphatic carbocycles. The van der Waals surface area contributed by atoms with Gasteiger partial charge in [-0.3, -0.25) is 19.4 Å². The highest BCUT2D eigenvalue weighted by Crippen LogP contribution is 2.15. The maximum Gasteiger partial charge on any atom is 0.266 e. The van der Waals surface area contributed by atoms with Crippen molar-refractivity contribution in [2.24, 2.45) is 7.05 Å². The van der Waals surface area contributed by atoms with Gasteiger partial charge in [0.15, 0.2) is 11.5 Å². The third-order valence-corrected chi connectivity index (χ3v) is 3.79. The molecule has 1 amide bonds. The number of H-pyrrole nitrogens is 1. The summed E-state index contributed by atoms with van der Waals surface area (Å²) in [5.41, 5.74) is 3.07. The molecule has 0 saturated carbocycles. The maximum atomic E-state index is 12.0. The average Bonchev–Trinajstić information content (AvgIpc) is 3.04. The van der Waals surface area contributed by atoms with E-state index in [-0.39, 0.29) is 11.5 Å². The van der Waals surface area contributed by atoms with Gasteiger partial charge in [0.25, 0.3) is 5.56 Å². The molecule has 2 N–H and O–H groups in total. The molecule has 0 saturated heterocycles. The molecular weight excluding hydrogens is 296 g/mol. The van der Waals surface area contributed by atoms with Crippen molar-refractivity contribution < 1.29 is 4.79 Å². The Hall–Kier alpha value is -2.90. The minimum Gasteiger partial charge on any atom is -0.309 e. The van der Waals surface area contributed by atoms with E-state index in [1.54, 1.807) is 28.5 Å². The normalized spacial score (nSPS) is 11.1. The summed E-state index contributed by atoms with van der Waals surface area (Å²) >= 11 is 0. The SMILES string of the molecule is Cc1nc2cc(=O)[nH]n2c(C)c1CCC(=O)Nc1ccn(C)n1. The number of rotatable bonds is 4. The molecule has 0 aliphatic heterocycles. The molecule has 0 aliphatic rings. The zero-order valence-electron chi connectivity index (χ0n) is 13.3. The Morgan fingerprint density at radius 1 is 1.39 bits per heavy atom. The van der Waals surface area contributed by atoms with Crippen molar-refractivity contribution in [2.45, 2.75) is 26.7 Å². The van der Waals surface area contributed by atoms with Crippen molar-refractivity contribution in [1.29, 1.82) is 0 Å². The van der Waals surface area contributed by atoms with Crippen LogP contribution in [0.15, 0.2) is 23.1 Å². The van der Waals surface area contributed by atoms with Gasteiger partial charge in [-0.15, -0.1) is 0 Å². The smallest absolute Gasteiger partial charge is 0.266 e. The molecule has 0 atom stereocenters. The van der Waals surface area contributed by atoms with Crippen LogP contribution in [0.2, 0.25) is 0 Å². The number of aryl methyl sites for hydroxylation is 3. The quantitative estimate of drug-likeness (QED) is 0.749. The van der Waals surface area contributed by atoms with Gasteiger partial charge in [0.1, 0.15) is 0 Å². The van der Waals surface area contributed by atoms with Crippen molar-refractivity contribution in [1.82, 2.24) is 24.4 Å². The number of hydrogen-bond acceptors (Lipinski definition) is 4. The molecule has 8 heteroatoms. The number of nitrogens with one attached hydrogen (secondary N) is 2. The van der Waals surface area contributed by atoms with Gasteiger partial charge in [-0.05, 0) is 25.8 Å². The van der Waals surface area contributed by atoms with E-state index in [0.29, 0.717) is 24.3 Å². The fourth-order valence-corrected chi connectivity index (χ4v) is 2.64. The Kier molecular flexibility index (Phi) is 3.73. The highest BCUT2D eigenvalue weighted by molar-refractivity contribution is 5.89. The first-order valence-corrected chi connectivity index (χ1v) is 7.31. The fourth-order valence-electron chi connectivity index (χ4n) is 2.64. The Morgan fingerprint density at radius 2 is 2.17 bits per heavy atom. The van der Waals surface area contributed by atoms with Crippen LogP contribution in [0.1, 0.15) is 23.4 Å². The Balaban J connectivity index is 1.76. The summed E-state index contributed by atoms with van der Waals surface area (Å²) < 4.78 is 3.28. The third kappa shape index (κ3) is 3.01. The lowest BCUT2D eigenvalue weighted by molar-refractivity contribution is -0.116. The summed E-state index contributed by atoms with van der Waals surface area (Å²) in [4.78, 5) is 27.9. The van der Waals surface area contributed by atoms with Crippen molar-refractivity contribution in [2.75, 3.05) is 5.32 Å². The third-order valence-electron chi connectivity index (χ3n) is 3.79. The number of carbonyl (C=O) groups is 1. The van der Waals surface area contributed by atoms with Gasteiger partial charge in [-0.25, -0.2) is 9.50 Å². The number of fused-ring (bicyclic) bond motifs is 1. The van der Waals surface area contributed by atoms with Gasteiger partial charge in [-0.1, -0.05) is 0 Å². The summed E-state index contributed by atoms with van der Waals surface area (Å²) in [7, 11) is 1.79. The van der Waals surface area contributed by atoms with E-state index in [2.05, 4.69) is 20.5 Å². The van der Waals surface area contributed by atoms with E-state index in [4.69, 9.17) is 0 Å². The highest BCUT2D eigenvalue weighted by atomic mass is 16.1. The molecule has 0 radical (unpaired) electrons. The van der Waals surface area contributed by atoms with Gasteiger partial charge < -0.3 is 5.32 Å². The molecule has 0 aromatic carbocycles. The van der Waals surface area contributed by atoms with E-state index in [0.717, 1.165) is 17.0 Å². The van der Waals surface area contributed by atoms with Crippen LogP contribution in [0.5, 0.6) is 0 Å². The van der Waals surface area contributed by atoms with E-state index < -0.39 is 0 Å². The first kappa shape index (κ1) is 15.0. The van der Waals surface area contributed by atoms with Crippen molar-refractivity contribution >= 4 is 17.4 Å². The van der Waals surface area contributed by atoms with Crippen molar-refractivity contribution in [3.05, 3.63) is 45.6 Å². The van der Waals surface area contributed by atoms with Crippen LogP contribution in [0.25, 0.3) is 5.65 Å². The van der Waals surface area contributed by atoms with E-state index in [1.165, 1.54) is 6.07 Å². The van der Waals surface area contributed by atoms with Gasteiger partial charge in [0.2, 0.25) is 5.91 Å². The number of hydrogen-bond donors (Lipinski definition) is 2. The second-order valence-electron chi connectivity index (χ2n) is 5.50. The van der Waals surface area contributed by atoms with Crippen LogP contribution < -0.4 is 10.9 Å². The van der Waals surface area contributed by atoms with E-state index in [1.807, 2.05) is 13.8 Å². The Labute approximate surface area is 132 Å². The number of aromatic nitrogens is 5. The largest absolute Gasteiger partial charge is 0.309 e. The van der Waals surface area contributed by atoms with Crippen LogP contribution in [0, 0.1) is 13.8 Å². The summed E-state index contributed by atoms with van der Waals surface area (Å²) in [6, 6.07) is 3.20. The summed E-state index contributed by atoms with van der Waals surface area (Å²) in [5, 5.41) is 9.58.